The van der Waals surface area contributed by atoms with Gasteiger partial charge in [0.1, 0.15) is 0 Å². The van der Waals surface area contributed by atoms with Crippen LogP contribution in [-0.4, -0.2) is 26.7 Å². The fourth-order valence-corrected chi connectivity index (χ4v) is 4.38. The van der Waals surface area contributed by atoms with E-state index < -0.39 is 11.1 Å². The van der Waals surface area contributed by atoms with Crippen LogP contribution in [0.4, 0.5) is 11.4 Å². The predicted octanol–water partition coefficient (Wildman–Crippen LogP) is 3.05. The molecule has 158 valence electrons. The summed E-state index contributed by atoms with van der Waals surface area (Å²) in [5.74, 6) is 0.489. The van der Waals surface area contributed by atoms with Crippen LogP contribution in [0.25, 0.3) is 11.3 Å². The second-order valence-electron chi connectivity index (χ2n) is 7.03. The van der Waals surface area contributed by atoms with Crippen LogP contribution in [0, 0.1) is 10.1 Å². The number of para-hydroxylation sites is 1. The van der Waals surface area contributed by atoms with Crippen LogP contribution in [0.2, 0.25) is 0 Å². The topological polar surface area (TPSA) is 113 Å². The number of nitrogens with zero attached hydrogens (tertiary/aromatic N) is 4. The zero-order valence-electron chi connectivity index (χ0n) is 16.9. The van der Waals surface area contributed by atoms with Crippen LogP contribution in [0.15, 0.2) is 58.5 Å². The van der Waals surface area contributed by atoms with Gasteiger partial charge in [-0.05, 0) is 29.3 Å². The number of anilines is 1. The van der Waals surface area contributed by atoms with Crippen molar-refractivity contribution < 1.29 is 14.4 Å². The molecule has 0 unspecified atom stereocenters. The molecule has 0 fully saturated rings. The number of rotatable bonds is 5. The van der Waals surface area contributed by atoms with E-state index in [9.17, 15) is 19.7 Å². The number of hydrogen-bond acceptors (Lipinski definition) is 6. The first-order valence-electron chi connectivity index (χ1n) is 9.75. The third-order valence-electron chi connectivity index (χ3n) is 4.92. The van der Waals surface area contributed by atoms with E-state index in [4.69, 9.17) is 0 Å². The molecule has 1 aromatic heterocycles. The van der Waals surface area contributed by atoms with Gasteiger partial charge >= 0.3 is 11.3 Å². The highest BCUT2D eigenvalue weighted by Crippen LogP contribution is 2.37. The summed E-state index contributed by atoms with van der Waals surface area (Å²) >= 11 is 1.40. The summed E-state index contributed by atoms with van der Waals surface area (Å²) in [6, 6.07) is 13.1. The Balaban J connectivity index is 2.03. The molecule has 1 amide bonds. The van der Waals surface area contributed by atoms with Crippen LogP contribution in [0.5, 0.6) is 0 Å². The van der Waals surface area contributed by atoms with E-state index in [0.29, 0.717) is 27.7 Å². The molecule has 31 heavy (non-hydrogen) atoms. The molecular weight excluding hydrogens is 418 g/mol. The second-order valence-corrected chi connectivity index (χ2v) is 8.12. The average Bonchev–Trinajstić information content (AvgIpc) is 2.76. The Morgan fingerprint density at radius 3 is 2.77 bits per heavy atom. The standard InChI is InChI=1S/C21H19N5O4S/c1-3-11-31-21-22-19(28)18-16-9-4-5-10-17(16)24(13(2)27)20(25(18)23-21)14-7-6-8-15(12-14)26(29)30/h4-10,12,20H,3,11H2,1-2H3/p+1/t20-/m1/s1. The van der Waals surface area contributed by atoms with E-state index >= 15 is 0 Å². The lowest BCUT2D eigenvalue weighted by molar-refractivity contribution is -0.763. The van der Waals surface area contributed by atoms with Gasteiger partial charge in [0.2, 0.25) is 11.1 Å². The Bertz CT molecular complexity index is 1240. The average molecular weight is 438 g/mol. The summed E-state index contributed by atoms with van der Waals surface area (Å²) in [6.07, 6.45) is 0.0536. The molecule has 1 aliphatic heterocycles. The van der Waals surface area contributed by atoms with Crippen molar-refractivity contribution in [3.05, 3.63) is 74.6 Å². The van der Waals surface area contributed by atoms with Crippen LogP contribution >= 0.6 is 11.8 Å². The fourth-order valence-electron chi connectivity index (χ4n) is 3.68. The zero-order chi connectivity index (χ0) is 22.1. The maximum absolute atomic E-state index is 13.1. The van der Waals surface area contributed by atoms with Gasteiger partial charge in [-0.25, -0.2) is 4.90 Å². The molecular formula is C21H20N5O4S+. The van der Waals surface area contributed by atoms with Crippen molar-refractivity contribution in [2.24, 2.45) is 0 Å². The van der Waals surface area contributed by atoms with Crippen molar-refractivity contribution in [3.63, 3.8) is 0 Å². The number of aromatic amines is 1. The first-order chi connectivity index (χ1) is 14.9. The lowest BCUT2D eigenvalue weighted by Crippen LogP contribution is -2.60. The summed E-state index contributed by atoms with van der Waals surface area (Å²) in [4.78, 5) is 41.1. The van der Waals surface area contributed by atoms with Crippen molar-refractivity contribution in [1.29, 1.82) is 0 Å². The Morgan fingerprint density at radius 2 is 2.06 bits per heavy atom. The first kappa shape index (κ1) is 20.7. The number of amides is 1. The number of nitro groups is 1. The minimum Gasteiger partial charge on any atom is -0.291 e. The second kappa shape index (κ2) is 8.31. The molecule has 0 radical (unpaired) electrons. The molecule has 2 heterocycles. The van der Waals surface area contributed by atoms with Gasteiger partial charge in [0.25, 0.3) is 11.9 Å². The molecule has 0 spiro atoms. The highest BCUT2D eigenvalue weighted by Gasteiger charge is 2.45. The van der Waals surface area contributed by atoms with Crippen LogP contribution < -0.4 is 15.1 Å². The van der Waals surface area contributed by atoms with Crippen molar-refractivity contribution in [2.45, 2.75) is 31.6 Å². The zero-order valence-corrected chi connectivity index (χ0v) is 17.8. The largest absolute Gasteiger partial charge is 0.325 e. The van der Waals surface area contributed by atoms with Crippen molar-refractivity contribution in [1.82, 2.24) is 10.1 Å². The van der Waals surface area contributed by atoms with Gasteiger partial charge in [0.15, 0.2) is 0 Å². The van der Waals surface area contributed by atoms with Crippen molar-refractivity contribution >= 4 is 29.0 Å². The summed E-state index contributed by atoms with van der Waals surface area (Å²) in [5, 5.41) is 16.4. The number of carbonyl (C=O) groups excluding carboxylic acids is 1. The quantitative estimate of drug-likeness (QED) is 0.284. The fraction of sp³-hybridized carbons (Fsp3) is 0.238. The van der Waals surface area contributed by atoms with Gasteiger partial charge in [0.05, 0.1) is 21.7 Å². The predicted molar refractivity (Wildman–Crippen MR) is 116 cm³/mol. The lowest BCUT2D eigenvalue weighted by Gasteiger charge is -2.31. The molecule has 9 nitrogen and oxygen atoms in total. The van der Waals surface area contributed by atoms with Gasteiger partial charge in [-0.2, -0.15) is 0 Å². The number of aromatic nitrogens is 3. The van der Waals surface area contributed by atoms with E-state index in [1.165, 1.54) is 40.4 Å². The van der Waals surface area contributed by atoms with Gasteiger partial charge in [-0.15, -0.1) is 0 Å². The normalized spacial score (nSPS) is 14.6. The lowest BCUT2D eigenvalue weighted by atomic mass is 10.0. The molecule has 1 atom stereocenters. The smallest absolute Gasteiger partial charge is 0.291 e. The molecule has 0 saturated heterocycles. The SMILES string of the molecule is CCCSc1n[n+]2c(c(=O)[nH]1)-c1ccccc1N(C(C)=O)[C@H]2c1cccc([N+](=O)[O-])c1. The van der Waals surface area contributed by atoms with Gasteiger partial charge < -0.3 is 0 Å². The minimum atomic E-state index is -0.842. The third-order valence-corrected chi connectivity index (χ3v) is 5.99. The first-order valence-corrected chi connectivity index (χ1v) is 10.7. The molecule has 1 aliphatic rings. The maximum atomic E-state index is 13.1. The van der Waals surface area contributed by atoms with Crippen molar-refractivity contribution in [2.75, 3.05) is 10.7 Å². The number of fused-ring (bicyclic) bond motifs is 3. The molecule has 0 saturated carbocycles. The van der Waals surface area contributed by atoms with Gasteiger partial charge in [-0.3, -0.25) is 24.7 Å². The maximum Gasteiger partial charge on any atom is 0.325 e. The monoisotopic (exact) mass is 438 g/mol. The van der Waals surface area contributed by atoms with E-state index in [2.05, 4.69) is 10.1 Å². The summed E-state index contributed by atoms with van der Waals surface area (Å²) < 4.78 is 1.50. The van der Waals surface area contributed by atoms with Crippen LogP contribution in [0.1, 0.15) is 32.0 Å². The Morgan fingerprint density at radius 1 is 1.29 bits per heavy atom. The number of nitro benzene ring substituents is 1. The van der Waals surface area contributed by atoms with E-state index in [-0.39, 0.29) is 17.2 Å². The van der Waals surface area contributed by atoms with Crippen LogP contribution in [-0.2, 0) is 4.79 Å². The summed E-state index contributed by atoms with van der Waals surface area (Å²) in [7, 11) is 0. The molecule has 0 aliphatic carbocycles. The van der Waals surface area contributed by atoms with E-state index in [0.717, 1.165) is 12.2 Å². The Hall–Kier alpha value is -3.53. The number of carbonyl (C=O) groups is 1. The summed E-state index contributed by atoms with van der Waals surface area (Å²) in [5.41, 5.74) is 1.46. The molecule has 4 rings (SSSR count). The van der Waals surface area contributed by atoms with Gasteiger partial charge in [-0.1, -0.05) is 36.9 Å². The third kappa shape index (κ3) is 3.70. The number of benzene rings is 2. The molecule has 0 bridgehead atoms. The Kier molecular flexibility index (Phi) is 5.55. The number of hydrogen-bond donors (Lipinski definition) is 1. The molecule has 10 heteroatoms. The Labute approximate surface area is 181 Å². The number of non-ortho nitro benzene ring substituents is 1. The van der Waals surface area contributed by atoms with Gasteiger partial charge in [0, 0.05) is 29.9 Å². The molecule has 2 aromatic carbocycles. The van der Waals surface area contributed by atoms with E-state index in [1.807, 2.05) is 6.92 Å². The highest BCUT2D eigenvalue weighted by molar-refractivity contribution is 7.99. The minimum absolute atomic E-state index is 0.104. The highest BCUT2D eigenvalue weighted by atomic mass is 32.2. The number of thioether (sulfide) groups is 1. The van der Waals surface area contributed by atoms with Crippen molar-refractivity contribution in [3.8, 4) is 11.3 Å². The van der Waals surface area contributed by atoms with Crippen LogP contribution in [0.3, 0.4) is 0 Å². The molecule has 3 aromatic rings. The van der Waals surface area contributed by atoms with E-state index in [1.54, 1.807) is 36.4 Å². The number of nitrogens with one attached hydrogen (secondary N) is 1. The summed E-state index contributed by atoms with van der Waals surface area (Å²) in [6.45, 7) is 3.45. The number of H-pyrrole nitrogens is 1. The molecule has 1 N–H and O–H groups in total.